The number of carbonyl (C=O) groups is 1. The lowest BCUT2D eigenvalue weighted by Crippen LogP contribution is -1.84. The Labute approximate surface area is 99.0 Å². The van der Waals surface area contributed by atoms with Crippen molar-refractivity contribution < 1.29 is 9.90 Å². The molecule has 1 heterocycles. The minimum Gasteiger partial charge on any atom is -0.478 e. The van der Waals surface area contributed by atoms with Gasteiger partial charge in [-0.15, -0.1) is 11.3 Å². The minimum atomic E-state index is -0.923. The molecule has 0 radical (unpaired) electrons. The summed E-state index contributed by atoms with van der Waals surface area (Å²) in [5, 5.41) is 9.63. The van der Waals surface area contributed by atoms with Crippen molar-refractivity contribution >= 4 is 49.4 Å². The summed E-state index contributed by atoms with van der Waals surface area (Å²) in [7, 11) is 0. The number of rotatable bonds is 2. The quantitative estimate of drug-likeness (QED) is 0.852. The van der Waals surface area contributed by atoms with Crippen LogP contribution in [0.1, 0.15) is 4.88 Å². The molecule has 1 aromatic heterocycles. The lowest BCUT2D eigenvalue weighted by Gasteiger charge is -1.88. The van der Waals surface area contributed by atoms with Crippen molar-refractivity contribution in [2.45, 2.75) is 0 Å². The third-order valence-electron chi connectivity index (χ3n) is 1.89. The summed E-state index contributed by atoms with van der Waals surface area (Å²) >= 11 is 4.97. The van der Waals surface area contributed by atoms with E-state index in [9.17, 15) is 4.79 Å². The van der Waals surface area contributed by atoms with Crippen LogP contribution in [-0.4, -0.2) is 11.1 Å². The highest BCUT2D eigenvalue weighted by molar-refractivity contribution is 9.10. The van der Waals surface area contributed by atoms with Crippen LogP contribution >= 0.6 is 27.3 Å². The molecule has 0 aliphatic carbocycles. The Bertz CT molecular complexity index is 543. The van der Waals surface area contributed by atoms with E-state index in [1.54, 1.807) is 17.4 Å². The SMILES string of the molecule is O=C(O)C=Cc1cc2cc(Br)ccc2s1. The van der Waals surface area contributed by atoms with E-state index >= 15 is 0 Å². The van der Waals surface area contributed by atoms with Crippen molar-refractivity contribution in [3.63, 3.8) is 0 Å². The third kappa shape index (κ3) is 2.46. The van der Waals surface area contributed by atoms with Crippen molar-refractivity contribution in [2.75, 3.05) is 0 Å². The van der Waals surface area contributed by atoms with Crippen molar-refractivity contribution in [1.82, 2.24) is 0 Å². The zero-order valence-electron chi connectivity index (χ0n) is 7.61. The van der Waals surface area contributed by atoms with Gasteiger partial charge in [-0.1, -0.05) is 15.9 Å². The first kappa shape index (κ1) is 10.4. The largest absolute Gasteiger partial charge is 0.478 e. The molecule has 4 heteroatoms. The first-order chi connectivity index (χ1) is 7.15. The van der Waals surface area contributed by atoms with Crippen LogP contribution in [0.3, 0.4) is 0 Å². The average molecular weight is 283 g/mol. The molecule has 2 nitrogen and oxygen atoms in total. The fourth-order valence-electron chi connectivity index (χ4n) is 1.27. The summed E-state index contributed by atoms with van der Waals surface area (Å²) in [6, 6.07) is 7.99. The molecule has 0 spiro atoms. The van der Waals surface area contributed by atoms with E-state index in [0.717, 1.165) is 25.5 Å². The van der Waals surface area contributed by atoms with Crippen LogP contribution in [0, 0.1) is 0 Å². The molecule has 0 fully saturated rings. The maximum atomic E-state index is 10.4. The van der Waals surface area contributed by atoms with Gasteiger partial charge in [-0.2, -0.15) is 0 Å². The van der Waals surface area contributed by atoms with Gasteiger partial charge in [0, 0.05) is 20.1 Å². The Morgan fingerprint density at radius 2 is 2.20 bits per heavy atom. The fraction of sp³-hybridized carbons (Fsp3) is 0. The fourth-order valence-corrected chi connectivity index (χ4v) is 2.60. The zero-order valence-corrected chi connectivity index (χ0v) is 10.0. The summed E-state index contributed by atoms with van der Waals surface area (Å²) < 4.78 is 2.19. The van der Waals surface area contributed by atoms with Crippen LogP contribution in [0.25, 0.3) is 16.2 Å². The average Bonchev–Trinajstić information content (AvgIpc) is 2.56. The molecule has 2 aromatic rings. The normalized spacial score (nSPS) is 11.3. The molecule has 0 unspecified atom stereocenters. The summed E-state index contributed by atoms with van der Waals surface area (Å²) in [4.78, 5) is 11.3. The van der Waals surface area contributed by atoms with Gasteiger partial charge in [0.2, 0.25) is 0 Å². The van der Waals surface area contributed by atoms with E-state index in [-0.39, 0.29) is 0 Å². The highest BCUT2D eigenvalue weighted by atomic mass is 79.9. The maximum Gasteiger partial charge on any atom is 0.328 e. The van der Waals surface area contributed by atoms with Gasteiger partial charge in [0.1, 0.15) is 0 Å². The number of hydrogen-bond acceptors (Lipinski definition) is 2. The Kier molecular flexibility index (Phi) is 2.88. The molecule has 0 amide bonds. The molecule has 15 heavy (non-hydrogen) atoms. The predicted octanol–water partition coefficient (Wildman–Crippen LogP) is 3.76. The van der Waals surface area contributed by atoms with Gasteiger partial charge in [0.15, 0.2) is 0 Å². The number of thiophene rings is 1. The molecule has 2 rings (SSSR count). The van der Waals surface area contributed by atoms with E-state index in [4.69, 9.17) is 5.11 Å². The summed E-state index contributed by atoms with van der Waals surface area (Å²) in [6.07, 6.45) is 2.76. The molecule has 0 saturated heterocycles. The second-order valence-electron chi connectivity index (χ2n) is 3.00. The van der Waals surface area contributed by atoms with Gasteiger partial charge in [0.05, 0.1) is 0 Å². The number of benzene rings is 1. The van der Waals surface area contributed by atoms with Gasteiger partial charge < -0.3 is 5.11 Å². The van der Waals surface area contributed by atoms with Crippen molar-refractivity contribution in [3.8, 4) is 0 Å². The summed E-state index contributed by atoms with van der Waals surface area (Å²) in [5.74, 6) is -0.923. The molecule has 0 atom stereocenters. The standard InChI is InChI=1S/C11H7BrO2S/c12-8-1-3-10-7(5-8)6-9(15-10)2-4-11(13)14/h1-6H,(H,13,14). The zero-order chi connectivity index (χ0) is 10.8. The predicted molar refractivity (Wildman–Crippen MR) is 66.2 cm³/mol. The smallest absolute Gasteiger partial charge is 0.328 e. The molecule has 0 aliphatic rings. The third-order valence-corrected chi connectivity index (χ3v) is 3.46. The molecule has 0 saturated carbocycles. The molecule has 0 aliphatic heterocycles. The Balaban J connectivity index is 2.43. The van der Waals surface area contributed by atoms with Crippen LogP contribution in [0.5, 0.6) is 0 Å². The lowest BCUT2D eigenvalue weighted by atomic mass is 10.2. The van der Waals surface area contributed by atoms with E-state index in [1.165, 1.54) is 0 Å². The Hall–Kier alpha value is -1.13. The monoisotopic (exact) mass is 282 g/mol. The minimum absolute atomic E-state index is 0.923. The second-order valence-corrected chi connectivity index (χ2v) is 5.03. The summed E-state index contributed by atoms with van der Waals surface area (Å²) in [6.45, 7) is 0. The highest BCUT2D eigenvalue weighted by Gasteiger charge is 2.00. The number of aliphatic carboxylic acids is 1. The first-order valence-electron chi connectivity index (χ1n) is 4.25. The Morgan fingerprint density at radius 3 is 2.93 bits per heavy atom. The van der Waals surface area contributed by atoms with Crippen LogP contribution in [0.15, 0.2) is 34.8 Å². The van der Waals surface area contributed by atoms with Crippen LogP contribution in [-0.2, 0) is 4.79 Å². The molecule has 1 aromatic carbocycles. The van der Waals surface area contributed by atoms with Gasteiger partial charge >= 0.3 is 5.97 Å². The van der Waals surface area contributed by atoms with E-state index in [2.05, 4.69) is 15.9 Å². The van der Waals surface area contributed by atoms with Crippen molar-refractivity contribution in [2.24, 2.45) is 0 Å². The number of carboxylic acid groups (broad SMARTS) is 1. The molecular formula is C11H7BrO2S. The number of fused-ring (bicyclic) bond motifs is 1. The number of hydrogen-bond donors (Lipinski definition) is 1. The molecular weight excluding hydrogens is 276 g/mol. The van der Waals surface area contributed by atoms with E-state index in [1.807, 2.05) is 24.3 Å². The van der Waals surface area contributed by atoms with Gasteiger partial charge in [-0.25, -0.2) is 4.79 Å². The van der Waals surface area contributed by atoms with Gasteiger partial charge in [-0.05, 0) is 35.7 Å². The topological polar surface area (TPSA) is 37.3 Å². The maximum absolute atomic E-state index is 10.4. The van der Waals surface area contributed by atoms with Crippen molar-refractivity contribution in [3.05, 3.63) is 39.7 Å². The number of halogens is 1. The first-order valence-corrected chi connectivity index (χ1v) is 5.86. The summed E-state index contributed by atoms with van der Waals surface area (Å²) in [5.41, 5.74) is 0. The van der Waals surface area contributed by atoms with Crippen LogP contribution in [0.2, 0.25) is 0 Å². The van der Waals surface area contributed by atoms with Crippen LogP contribution in [0.4, 0.5) is 0 Å². The van der Waals surface area contributed by atoms with Crippen molar-refractivity contribution in [1.29, 1.82) is 0 Å². The molecule has 76 valence electrons. The van der Waals surface area contributed by atoms with Gasteiger partial charge in [-0.3, -0.25) is 0 Å². The van der Waals surface area contributed by atoms with E-state index < -0.39 is 5.97 Å². The molecule has 1 N–H and O–H groups in total. The number of carboxylic acids is 1. The van der Waals surface area contributed by atoms with E-state index in [0.29, 0.717) is 0 Å². The van der Waals surface area contributed by atoms with Gasteiger partial charge in [0.25, 0.3) is 0 Å². The highest BCUT2D eigenvalue weighted by Crippen LogP contribution is 2.28. The lowest BCUT2D eigenvalue weighted by molar-refractivity contribution is -0.131. The Morgan fingerprint density at radius 1 is 1.40 bits per heavy atom. The van der Waals surface area contributed by atoms with Crippen LogP contribution < -0.4 is 0 Å². The second kappa shape index (κ2) is 4.16. The molecule has 0 bridgehead atoms.